The molecule has 1 heterocycles. The van der Waals surface area contributed by atoms with Gasteiger partial charge in [-0.1, -0.05) is 6.07 Å². The predicted octanol–water partition coefficient (Wildman–Crippen LogP) is 0.528. The van der Waals surface area contributed by atoms with Crippen LogP contribution in [-0.4, -0.2) is 58.3 Å². The van der Waals surface area contributed by atoms with E-state index < -0.39 is 42.9 Å². The molecular weight excluding hydrogens is 371 g/mol. The van der Waals surface area contributed by atoms with Gasteiger partial charge in [0.05, 0.1) is 16.2 Å². The number of carbonyl (C=O) groups excluding carboxylic acids is 1. The van der Waals surface area contributed by atoms with Gasteiger partial charge < -0.3 is 4.90 Å². The van der Waals surface area contributed by atoms with Crippen LogP contribution >= 0.6 is 0 Å². The number of hydrogen-bond acceptors (Lipinski definition) is 5. The fourth-order valence-corrected chi connectivity index (χ4v) is 5.06. The van der Waals surface area contributed by atoms with Gasteiger partial charge in [-0.05, 0) is 38.0 Å². The number of nitrogens with zero attached hydrogens (tertiary/aromatic N) is 1. The Balaban J connectivity index is 2.01. The van der Waals surface area contributed by atoms with Crippen molar-refractivity contribution in [3.8, 4) is 0 Å². The summed E-state index contributed by atoms with van der Waals surface area (Å²) in [5.74, 6) is -1.13. The van der Waals surface area contributed by atoms with Crippen molar-refractivity contribution in [3.05, 3.63) is 30.1 Å². The minimum atomic E-state index is -4.03. The highest BCUT2D eigenvalue weighted by molar-refractivity contribution is 7.91. The number of likely N-dealkylation sites (tertiary alicyclic amines) is 1. The highest BCUT2D eigenvalue weighted by atomic mass is 32.2. The third-order valence-corrected chi connectivity index (χ3v) is 7.39. The molecule has 1 aromatic rings. The van der Waals surface area contributed by atoms with Gasteiger partial charge in [0.15, 0.2) is 0 Å². The maximum atomic E-state index is 13.2. The Labute approximate surface area is 147 Å². The number of sulfone groups is 1. The molecule has 10 heteroatoms. The Bertz CT molecular complexity index is 846. The van der Waals surface area contributed by atoms with Gasteiger partial charge in [0.1, 0.15) is 15.7 Å². The summed E-state index contributed by atoms with van der Waals surface area (Å²) in [5.41, 5.74) is 0. The van der Waals surface area contributed by atoms with Gasteiger partial charge in [-0.2, -0.15) is 4.72 Å². The summed E-state index contributed by atoms with van der Waals surface area (Å²) in [6.45, 7) is 1.91. The van der Waals surface area contributed by atoms with Crippen molar-refractivity contribution in [2.24, 2.45) is 0 Å². The molecule has 1 atom stereocenters. The third-order valence-electron chi connectivity index (χ3n) is 4.17. The molecule has 7 nitrogen and oxygen atoms in total. The normalized spacial score (nSPS) is 18.1. The van der Waals surface area contributed by atoms with Gasteiger partial charge in [-0.25, -0.2) is 21.2 Å². The number of halogens is 1. The molecule has 1 fully saturated rings. The van der Waals surface area contributed by atoms with E-state index in [1.54, 1.807) is 0 Å². The number of piperidine rings is 1. The molecule has 1 aliphatic heterocycles. The highest BCUT2D eigenvalue weighted by Gasteiger charge is 2.32. The van der Waals surface area contributed by atoms with Crippen LogP contribution in [0.3, 0.4) is 0 Å². The minimum absolute atomic E-state index is 0.253. The number of amides is 1. The number of hydrogen-bond donors (Lipinski definition) is 1. The van der Waals surface area contributed by atoms with Gasteiger partial charge in [-0.15, -0.1) is 0 Å². The standard InChI is InChI=1S/C15H21FN2O5S2/c1-11(17-25(22,23)14-5-3-4-12(16)10-14)15(19)18-8-6-13(7-9-18)24(2,20)21/h3-5,10-11,13,17H,6-9H2,1-2H3. The molecular formula is C15H21FN2O5S2. The van der Waals surface area contributed by atoms with E-state index in [-0.39, 0.29) is 18.0 Å². The molecule has 1 saturated heterocycles. The largest absolute Gasteiger partial charge is 0.341 e. The molecule has 140 valence electrons. The molecule has 0 saturated carbocycles. The zero-order valence-electron chi connectivity index (χ0n) is 14.0. The van der Waals surface area contributed by atoms with Crippen LogP contribution in [0.1, 0.15) is 19.8 Å². The number of nitrogens with one attached hydrogen (secondary N) is 1. The predicted molar refractivity (Wildman–Crippen MR) is 90.6 cm³/mol. The molecule has 0 bridgehead atoms. The van der Waals surface area contributed by atoms with E-state index in [0.29, 0.717) is 12.8 Å². The molecule has 0 radical (unpaired) electrons. The van der Waals surface area contributed by atoms with E-state index in [4.69, 9.17) is 0 Å². The average molecular weight is 392 g/mol. The van der Waals surface area contributed by atoms with Gasteiger partial charge in [0, 0.05) is 19.3 Å². The van der Waals surface area contributed by atoms with Crippen LogP contribution in [0.25, 0.3) is 0 Å². The lowest BCUT2D eigenvalue weighted by atomic mass is 10.1. The topological polar surface area (TPSA) is 101 Å². The lowest BCUT2D eigenvalue weighted by Crippen LogP contribution is -2.50. The number of benzene rings is 1. The first kappa shape index (κ1) is 19.8. The Morgan fingerprint density at radius 1 is 1.24 bits per heavy atom. The highest BCUT2D eigenvalue weighted by Crippen LogP contribution is 2.18. The monoisotopic (exact) mass is 392 g/mol. The van der Waals surface area contributed by atoms with E-state index in [1.165, 1.54) is 30.2 Å². The minimum Gasteiger partial charge on any atom is -0.341 e. The van der Waals surface area contributed by atoms with Crippen molar-refractivity contribution in [1.82, 2.24) is 9.62 Å². The first-order chi connectivity index (χ1) is 11.5. The van der Waals surface area contributed by atoms with Crippen LogP contribution in [0.5, 0.6) is 0 Å². The Hall–Kier alpha value is -1.52. The van der Waals surface area contributed by atoms with Gasteiger partial charge >= 0.3 is 0 Å². The number of rotatable bonds is 5. The Morgan fingerprint density at radius 3 is 2.36 bits per heavy atom. The van der Waals surface area contributed by atoms with Crippen molar-refractivity contribution >= 4 is 25.8 Å². The quantitative estimate of drug-likeness (QED) is 0.788. The molecule has 1 aromatic carbocycles. The second-order valence-electron chi connectivity index (χ2n) is 6.15. The molecule has 1 amide bonds. The lowest BCUT2D eigenvalue weighted by Gasteiger charge is -2.32. The summed E-state index contributed by atoms with van der Waals surface area (Å²) in [5, 5.41) is -0.476. The summed E-state index contributed by atoms with van der Waals surface area (Å²) in [4.78, 5) is 13.6. The summed E-state index contributed by atoms with van der Waals surface area (Å²) in [7, 11) is -7.18. The van der Waals surface area contributed by atoms with E-state index in [0.717, 1.165) is 12.1 Å². The third kappa shape index (κ3) is 4.99. The summed E-state index contributed by atoms with van der Waals surface area (Å²) in [6.07, 6.45) is 1.83. The Morgan fingerprint density at radius 2 is 1.84 bits per heavy atom. The van der Waals surface area contributed by atoms with E-state index >= 15 is 0 Å². The van der Waals surface area contributed by atoms with Crippen LogP contribution in [0.15, 0.2) is 29.2 Å². The van der Waals surface area contributed by atoms with Crippen molar-refractivity contribution in [2.75, 3.05) is 19.3 Å². The lowest BCUT2D eigenvalue weighted by molar-refractivity contribution is -0.133. The second kappa shape index (κ2) is 7.38. The van der Waals surface area contributed by atoms with E-state index in [2.05, 4.69) is 4.72 Å². The van der Waals surface area contributed by atoms with Crippen LogP contribution in [0.2, 0.25) is 0 Å². The van der Waals surface area contributed by atoms with Crippen LogP contribution < -0.4 is 4.72 Å². The first-order valence-corrected chi connectivity index (χ1v) is 11.2. The molecule has 25 heavy (non-hydrogen) atoms. The smallest absolute Gasteiger partial charge is 0.241 e. The molecule has 1 unspecified atom stereocenters. The summed E-state index contributed by atoms with van der Waals surface area (Å²) >= 11 is 0. The van der Waals surface area contributed by atoms with Crippen molar-refractivity contribution < 1.29 is 26.0 Å². The molecule has 2 rings (SSSR count). The summed E-state index contributed by atoms with van der Waals surface area (Å²) < 4.78 is 63.0. The average Bonchev–Trinajstić information content (AvgIpc) is 2.53. The summed E-state index contributed by atoms with van der Waals surface area (Å²) in [6, 6.07) is 3.46. The van der Waals surface area contributed by atoms with Crippen molar-refractivity contribution in [1.29, 1.82) is 0 Å². The first-order valence-electron chi connectivity index (χ1n) is 7.76. The van der Waals surface area contributed by atoms with Gasteiger partial charge in [0.25, 0.3) is 0 Å². The Kier molecular flexibility index (Phi) is 5.85. The number of sulfonamides is 1. The second-order valence-corrected chi connectivity index (χ2v) is 10.2. The molecule has 0 spiro atoms. The van der Waals surface area contributed by atoms with Crippen LogP contribution in [0, 0.1) is 5.82 Å². The molecule has 0 aromatic heterocycles. The van der Waals surface area contributed by atoms with Gasteiger partial charge in [-0.3, -0.25) is 4.79 Å². The zero-order chi connectivity index (χ0) is 18.8. The van der Waals surface area contributed by atoms with E-state index in [1.807, 2.05) is 0 Å². The SMILES string of the molecule is CC(NS(=O)(=O)c1cccc(F)c1)C(=O)N1CCC(S(C)(=O)=O)CC1. The molecule has 1 aliphatic rings. The van der Waals surface area contributed by atoms with E-state index in [9.17, 15) is 26.0 Å². The maximum absolute atomic E-state index is 13.2. The van der Waals surface area contributed by atoms with Gasteiger partial charge in [0.2, 0.25) is 15.9 Å². The number of carbonyl (C=O) groups is 1. The zero-order valence-corrected chi connectivity index (χ0v) is 15.6. The van der Waals surface area contributed by atoms with Crippen LogP contribution in [0.4, 0.5) is 4.39 Å². The van der Waals surface area contributed by atoms with Crippen molar-refractivity contribution in [2.45, 2.75) is 36.0 Å². The molecule has 1 N–H and O–H groups in total. The molecule has 0 aliphatic carbocycles. The fourth-order valence-electron chi connectivity index (χ4n) is 2.76. The van der Waals surface area contributed by atoms with Crippen molar-refractivity contribution in [3.63, 3.8) is 0 Å². The van der Waals surface area contributed by atoms with Crippen LogP contribution in [-0.2, 0) is 24.7 Å². The maximum Gasteiger partial charge on any atom is 0.241 e. The fraction of sp³-hybridized carbons (Fsp3) is 0.533.